The Balaban J connectivity index is 1.96. The molecule has 19 heavy (non-hydrogen) atoms. The SMILES string of the molecule is CCCn1cc(CN(C)Cc2cc(C)on2)c(C)n1. The minimum absolute atomic E-state index is 0.787. The van der Waals surface area contributed by atoms with Gasteiger partial charge in [-0.05, 0) is 27.3 Å². The van der Waals surface area contributed by atoms with Crippen LogP contribution >= 0.6 is 0 Å². The molecule has 0 aliphatic rings. The summed E-state index contributed by atoms with van der Waals surface area (Å²) in [5, 5.41) is 8.54. The van der Waals surface area contributed by atoms with E-state index in [9.17, 15) is 0 Å². The van der Waals surface area contributed by atoms with E-state index in [1.165, 1.54) is 5.56 Å². The van der Waals surface area contributed by atoms with Crippen LogP contribution in [0.5, 0.6) is 0 Å². The number of hydrogen-bond donors (Lipinski definition) is 0. The smallest absolute Gasteiger partial charge is 0.133 e. The van der Waals surface area contributed by atoms with Crippen molar-refractivity contribution in [2.45, 2.75) is 46.8 Å². The number of hydrogen-bond acceptors (Lipinski definition) is 4. The molecule has 0 spiro atoms. The monoisotopic (exact) mass is 262 g/mol. The third-order valence-electron chi connectivity index (χ3n) is 3.05. The van der Waals surface area contributed by atoms with Gasteiger partial charge in [0, 0.05) is 37.5 Å². The Morgan fingerprint density at radius 1 is 1.32 bits per heavy atom. The summed E-state index contributed by atoms with van der Waals surface area (Å²) in [7, 11) is 2.08. The fourth-order valence-electron chi connectivity index (χ4n) is 2.17. The Labute approximate surface area is 114 Å². The average Bonchev–Trinajstić information content (AvgIpc) is 2.87. The van der Waals surface area contributed by atoms with Crippen LogP contribution in [-0.2, 0) is 19.6 Å². The van der Waals surface area contributed by atoms with Crippen molar-refractivity contribution in [3.63, 3.8) is 0 Å². The molecule has 0 fully saturated rings. The summed E-state index contributed by atoms with van der Waals surface area (Å²) >= 11 is 0. The van der Waals surface area contributed by atoms with E-state index in [-0.39, 0.29) is 0 Å². The summed E-state index contributed by atoms with van der Waals surface area (Å²) < 4.78 is 7.11. The second-order valence-corrected chi connectivity index (χ2v) is 5.10. The lowest BCUT2D eigenvalue weighted by Crippen LogP contribution is -2.17. The van der Waals surface area contributed by atoms with Gasteiger partial charge in [-0.1, -0.05) is 12.1 Å². The van der Waals surface area contributed by atoms with Crippen molar-refractivity contribution >= 4 is 0 Å². The molecule has 0 aromatic carbocycles. The zero-order valence-corrected chi connectivity index (χ0v) is 12.2. The summed E-state index contributed by atoms with van der Waals surface area (Å²) in [6.07, 6.45) is 3.25. The molecule has 0 N–H and O–H groups in total. The van der Waals surface area contributed by atoms with Gasteiger partial charge in [0.2, 0.25) is 0 Å². The van der Waals surface area contributed by atoms with E-state index in [4.69, 9.17) is 4.52 Å². The third-order valence-corrected chi connectivity index (χ3v) is 3.05. The van der Waals surface area contributed by atoms with Crippen LogP contribution in [0.2, 0.25) is 0 Å². The van der Waals surface area contributed by atoms with Crippen molar-refractivity contribution in [1.29, 1.82) is 0 Å². The molecule has 2 aromatic rings. The highest BCUT2D eigenvalue weighted by atomic mass is 16.5. The molecule has 0 aliphatic carbocycles. The van der Waals surface area contributed by atoms with Crippen LogP contribution in [0.1, 0.15) is 36.1 Å². The fourth-order valence-corrected chi connectivity index (χ4v) is 2.17. The number of rotatable bonds is 6. The molecule has 0 unspecified atom stereocenters. The Kier molecular flexibility index (Phi) is 4.37. The summed E-state index contributed by atoms with van der Waals surface area (Å²) in [6.45, 7) is 8.78. The second-order valence-electron chi connectivity index (χ2n) is 5.10. The van der Waals surface area contributed by atoms with Crippen molar-refractivity contribution in [3.05, 3.63) is 35.0 Å². The van der Waals surface area contributed by atoms with E-state index in [2.05, 4.69) is 42.2 Å². The van der Waals surface area contributed by atoms with Crippen LogP contribution in [0.25, 0.3) is 0 Å². The van der Waals surface area contributed by atoms with Crippen molar-refractivity contribution < 1.29 is 4.52 Å². The van der Waals surface area contributed by atoms with Crippen LogP contribution in [-0.4, -0.2) is 26.9 Å². The molecule has 5 heteroatoms. The summed E-state index contributed by atoms with van der Waals surface area (Å²) in [5.41, 5.74) is 3.35. The highest BCUT2D eigenvalue weighted by Crippen LogP contribution is 2.11. The van der Waals surface area contributed by atoms with Gasteiger partial charge in [-0.15, -0.1) is 0 Å². The molecular formula is C14H22N4O. The van der Waals surface area contributed by atoms with Crippen molar-refractivity contribution in [2.75, 3.05) is 7.05 Å². The van der Waals surface area contributed by atoms with Gasteiger partial charge < -0.3 is 4.52 Å². The lowest BCUT2D eigenvalue weighted by molar-refractivity contribution is 0.301. The Hall–Kier alpha value is -1.62. The van der Waals surface area contributed by atoms with Gasteiger partial charge in [0.1, 0.15) is 5.76 Å². The molecule has 0 saturated carbocycles. The van der Waals surface area contributed by atoms with Crippen LogP contribution in [0.4, 0.5) is 0 Å². The van der Waals surface area contributed by atoms with Crippen LogP contribution in [0.15, 0.2) is 16.8 Å². The lowest BCUT2D eigenvalue weighted by atomic mass is 10.2. The van der Waals surface area contributed by atoms with Gasteiger partial charge in [0.15, 0.2) is 0 Å². The maximum Gasteiger partial charge on any atom is 0.133 e. The van der Waals surface area contributed by atoms with Crippen molar-refractivity contribution in [2.24, 2.45) is 0 Å². The van der Waals surface area contributed by atoms with Crippen molar-refractivity contribution in [3.8, 4) is 0 Å². The number of aryl methyl sites for hydroxylation is 3. The van der Waals surface area contributed by atoms with E-state index in [0.717, 1.165) is 43.2 Å². The summed E-state index contributed by atoms with van der Waals surface area (Å²) in [5.74, 6) is 0.857. The topological polar surface area (TPSA) is 47.1 Å². The first-order valence-corrected chi connectivity index (χ1v) is 6.72. The van der Waals surface area contributed by atoms with Gasteiger partial charge in [0.25, 0.3) is 0 Å². The summed E-state index contributed by atoms with van der Waals surface area (Å²) in [6, 6.07) is 1.98. The van der Waals surface area contributed by atoms with E-state index in [1.807, 2.05) is 17.7 Å². The molecule has 0 radical (unpaired) electrons. The van der Waals surface area contributed by atoms with Gasteiger partial charge >= 0.3 is 0 Å². The van der Waals surface area contributed by atoms with Crippen LogP contribution in [0.3, 0.4) is 0 Å². The fraction of sp³-hybridized carbons (Fsp3) is 0.571. The van der Waals surface area contributed by atoms with E-state index < -0.39 is 0 Å². The van der Waals surface area contributed by atoms with Crippen LogP contribution < -0.4 is 0 Å². The lowest BCUT2D eigenvalue weighted by Gasteiger charge is -2.13. The van der Waals surface area contributed by atoms with Crippen molar-refractivity contribution in [1.82, 2.24) is 19.8 Å². The number of aromatic nitrogens is 3. The molecular weight excluding hydrogens is 240 g/mol. The molecule has 5 nitrogen and oxygen atoms in total. The Bertz CT molecular complexity index is 529. The first-order valence-electron chi connectivity index (χ1n) is 6.72. The molecule has 0 aliphatic heterocycles. The largest absolute Gasteiger partial charge is 0.361 e. The van der Waals surface area contributed by atoms with E-state index >= 15 is 0 Å². The Morgan fingerprint density at radius 2 is 2.11 bits per heavy atom. The zero-order chi connectivity index (χ0) is 13.8. The number of nitrogens with zero attached hydrogens (tertiary/aromatic N) is 4. The van der Waals surface area contributed by atoms with E-state index in [1.54, 1.807) is 0 Å². The van der Waals surface area contributed by atoms with E-state index in [0.29, 0.717) is 0 Å². The molecule has 0 atom stereocenters. The highest BCUT2D eigenvalue weighted by molar-refractivity contribution is 5.15. The highest BCUT2D eigenvalue weighted by Gasteiger charge is 2.10. The molecule has 2 aromatic heterocycles. The standard InChI is InChI=1S/C14H22N4O/c1-5-6-18-9-13(12(3)15-18)8-17(4)10-14-7-11(2)19-16-14/h7,9H,5-6,8,10H2,1-4H3. The minimum Gasteiger partial charge on any atom is -0.361 e. The maximum absolute atomic E-state index is 5.08. The quantitative estimate of drug-likeness (QED) is 0.802. The second kappa shape index (κ2) is 6.02. The van der Waals surface area contributed by atoms with Gasteiger partial charge in [-0.3, -0.25) is 9.58 Å². The normalized spacial score (nSPS) is 11.4. The molecule has 2 heterocycles. The Morgan fingerprint density at radius 3 is 2.74 bits per heavy atom. The molecule has 2 rings (SSSR count). The maximum atomic E-state index is 5.08. The average molecular weight is 262 g/mol. The first-order chi connectivity index (χ1) is 9.08. The van der Waals surface area contributed by atoms with Gasteiger partial charge in [-0.25, -0.2) is 0 Å². The predicted molar refractivity (Wildman–Crippen MR) is 73.7 cm³/mol. The third kappa shape index (κ3) is 3.67. The van der Waals surface area contributed by atoms with Crippen LogP contribution in [0, 0.1) is 13.8 Å². The summed E-state index contributed by atoms with van der Waals surface area (Å²) in [4.78, 5) is 2.22. The predicted octanol–water partition coefficient (Wildman–Crippen LogP) is 2.53. The zero-order valence-electron chi connectivity index (χ0n) is 12.2. The first kappa shape index (κ1) is 13.8. The molecule has 0 saturated heterocycles. The molecule has 104 valence electrons. The molecule has 0 amide bonds. The molecule has 0 bridgehead atoms. The minimum atomic E-state index is 0.787. The van der Waals surface area contributed by atoms with Gasteiger partial charge in [-0.2, -0.15) is 5.10 Å². The van der Waals surface area contributed by atoms with Gasteiger partial charge in [0.05, 0.1) is 11.4 Å².